The Balaban J connectivity index is 0.000000431. The summed E-state index contributed by atoms with van der Waals surface area (Å²) < 4.78 is 0. The van der Waals surface area contributed by atoms with Gasteiger partial charge in [-0.2, -0.15) is 0 Å². The minimum absolute atomic E-state index is 0. The maximum atomic E-state index is 2.48. The normalized spacial score (nSPS) is 25.2. The molecule has 0 aliphatic heterocycles. The van der Waals surface area contributed by atoms with Crippen LogP contribution in [0.2, 0.25) is 0 Å². The van der Waals surface area contributed by atoms with Crippen molar-refractivity contribution in [2.75, 3.05) is 0 Å². The van der Waals surface area contributed by atoms with Crippen LogP contribution in [0.15, 0.2) is 97.2 Å². The van der Waals surface area contributed by atoms with Gasteiger partial charge in [-0.1, -0.05) is 120 Å². The molecular weight excluding hydrogens is 502 g/mol. The van der Waals surface area contributed by atoms with Gasteiger partial charge in [-0.15, -0.1) is 0 Å². The summed E-state index contributed by atoms with van der Waals surface area (Å²) in [6, 6.07) is 0. The third-order valence-corrected chi connectivity index (χ3v) is 13.0. The van der Waals surface area contributed by atoms with E-state index in [1.54, 1.807) is 11.6 Å². The van der Waals surface area contributed by atoms with Crippen LogP contribution in [0, 0.1) is 62.9 Å². The van der Waals surface area contributed by atoms with Gasteiger partial charge in [0.15, 0.2) is 0 Å². The Morgan fingerprint density at radius 2 is 0.886 bits per heavy atom. The van der Waals surface area contributed by atoms with Crippen LogP contribution in [0.1, 0.15) is 6.92 Å². The van der Waals surface area contributed by atoms with Gasteiger partial charge in [0.1, 0.15) is 0 Å². The number of rotatable bonds is 7. The Labute approximate surface area is 227 Å². The molecule has 2 fully saturated rings. The van der Waals surface area contributed by atoms with Crippen LogP contribution in [0.5, 0.6) is 0 Å². The van der Waals surface area contributed by atoms with Crippen LogP contribution in [-0.2, 0) is 17.1 Å². The van der Waals surface area contributed by atoms with E-state index in [4.69, 9.17) is 0 Å². The largest absolute Gasteiger partial charge is 2.00 e. The van der Waals surface area contributed by atoms with Crippen molar-refractivity contribution in [2.45, 2.75) is 35.2 Å². The van der Waals surface area contributed by atoms with Crippen molar-refractivity contribution in [1.82, 2.24) is 0 Å². The van der Waals surface area contributed by atoms with Gasteiger partial charge >= 0.3 is 17.1 Å². The number of allylic oxidation sites excluding steroid dienone is 16. The van der Waals surface area contributed by atoms with Crippen molar-refractivity contribution < 1.29 is 17.1 Å². The first-order valence-electron chi connectivity index (χ1n) is 12.2. The fourth-order valence-electron chi connectivity index (χ4n) is 5.18. The molecule has 0 nitrogen and oxygen atoms in total. The molecule has 1 atom stereocenters. The van der Waals surface area contributed by atoms with E-state index in [2.05, 4.69) is 123 Å². The summed E-state index contributed by atoms with van der Waals surface area (Å²) in [4.78, 5) is 0. The second kappa shape index (κ2) is 13.7. The first-order chi connectivity index (χ1) is 16.8. The SMILES string of the molecule is C[C@H]([C]1[CH][CH][CH][C]1P(C1C=CC=C1)C1C=CC=C1)P(C1C=CC=C1)C1C=CC=C1.[CH]1[CH][CH][CH][CH]1.[Fe+2]. The van der Waals surface area contributed by atoms with Crippen LogP contribution >= 0.6 is 15.8 Å². The number of hydrogen-bond donors (Lipinski definition) is 0. The Bertz CT molecular complexity index is 804. The van der Waals surface area contributed by atoms with Crippen LogP contribution < -0.4 is 0 Å². The van der Waals surface area contributed by atoms with E-state index in [0.29, 0.717) is 28.3 Å². The van der Waals surface area contributed by atoms with E-state index < -0.39 is 0 Å². The van der Waals surface area contributed by atoms with Gasteiger partial charge in [0.2, 0.25) is 0 Å². The monoisotopic (exact) mass is 534 g/mol. The average molecular weight is 534 g/mol. The maximum Gasteiger partial charge on any atom is 2.00 e. The molecule has 6 aliphatic carbocycles. The van der Waals surface area contributed by atoms with Gasteiger partial charge in [-0.05, 0) is 62.9 Å². The second-order valence-corrected chi connectivity index (χ2v) is 14.3. The molecule has 0 aromatic carbocycles. The van der Waals surface area contributed by atoms with E-state index in [9.17, 15) is 0 Å². The van der Waals surface area contributed by atoms with Gasteiger partial charge in [0, 0.05) is 28.3 Å². The van der Waals surface area contributed by atoms with E-state index >= 15 is 0 Å². The zero-order chi connectivity index (χ0) is 23.2. The summed E-state index contributed by atoms with van der Waals surface area (Å²) in [5, 5.41) is 0. The quantitative estimate of drug-likeness (QED) is 0.229. The van der Waals surface area contributed by atoms with Gasteiger partial charge in [-0.3, -0.25) is 0 Å². The van der Waals surface area contributed by atoms with E-state index in [0.717, 1.165) is 0 Å². The topological polar surface area (TPSA) is 0 Å². The third kappa shape index (κ3) is 6.60. The zero-order valence-corrected chi connectivity index (χ0v) is 22.9. The molecule has 0 unspecified atom stereocenters. The maximum absolute atomic E-state index is 2.48. The first-order valence-corrected chi connectivity index (χ1v) is 15.2. The van der Waals surface area contributed by atoms with E-state index in [-0.39, 0.29) is 32.9 Å². The van der Waals surface area contributed by atoms with Gasteiger partial charge < -0.3 is 0 Å². The molecule has 6 aliphatic rings. The molecule has 0 spiro atoms. The predicted molar refractivity (Wildman–Crippen MR) is 152 cm³/mol. The van der Waals surface area contributed by atoms with Gasteiger partial charge in [0.05, 0.1) is 0 Å². The van der Waals surface area contributed by atoms with Crippen LogP contribution in [0.4, 0.5) is 0 Å². The number of hydrogen-bond acceptors (Lipinski definition) is 0. The molecule has 0 N–H and O–H groups in total. The molecule has 0 heterocycles. The van der Waals surface area contributed by atoms with E-state index in [1.165, 1.54) is 0 Å². The summed E-state index contributed by atoms with van der Waals surface area (Å²) in [7, 11) is -0.581. The van der Waals surface area contributed by atoms with Crippen molar-refractivity contribution >= 4 is 15.8 Å². The molecule has 0 bridgehead atoms. The van der Waals surface area contributed by atoms with Crippen molar-refractivity contribution in [1.29, 1.82) is 0 Å². The Kier molecular flexibility index (Phi) is 10.7. The van der Waals surface area contributed by atoms with Crippen LogP contribution in [-0.4, -0.2) is 28.3 Å². The van der Waals surface area contributed by atoms with Crippen LogP contribution in [0.3, 0.4) is 0 Å². The smallest absolute Gasteiger partial charge is 0.0811 e. The first kappa shape index (κ1) is 27.3. The minimum atomic E-state index is -0.332. The Morgan fingerprint density at radius 3 is 1.29 bits per heavy atom. The molecule has 0 saturated heterocycles. The zero-order valence-electron chi connectivity index (χ0n) is 20.0. The standard InChI is InChI=1S/C27H27P2.C5H5.Fe/c1-21(28(22-11-2-3-12-22)23-13-4-5-14-23)26-19-10-20-27(26)29(24-15-6-7-16-24)25-17-8-9-18-25;1-2-4-5-3-1;/h2-25H,1H3;1-5H;/q;;+2/t21-;;/m1../s1. The molecule has 6 rings (SSSR count). The molecule has 0 aromatic heterocycles. The van der Waals surface area contributed by atoms with Gasteiger partial charge in [-0.25, -0.2) is 0 Å². The van der Waals surface area contributed by atoms with Crippen molar-refractivity contribution in [3.63, 3.8) is 0 Å². The fourth-order valence-corrected chi connectivity index (χ4v) is 11.5. The van der Waals surface area contributed by atoms with Crippen molar-refractivity contribution in [3.8, 4) is 0 Å². The fraction of sp³-hybridized carbons (Fsp3) is 0.188. The Morgan fingerprint density at radius 1 is 0.514 bits per heavy atom. The summed E-state index contributed by atoms with van der Waals surface area (Å²) in [5.74, 6) is 1.59. The average Bonchev–Trinajstić information content (AvgIpc) is 3.71. The molecule has 3 heteroatoms. The summed E-state index contributed by atoms with van der Waals surface area (Å²) in [5.41, 5.74) is 4.41. The molecule has 176 valence electrons. The Hall–Kier alpha value is -0.701. The van der Waals surface area contributed by atoms with E-state index in [1.807, 2.05) is 32.1 Å². The molecule has 35 heavy (non-hydrogen) atoms. The molecule has 0 amide bonds. The molecule has 10 radical (unpaired) electrons. The van der Waals surface area contributed by atoms with Gasteiger partial charge in [0.25, 0.3) is 0 Å². The molecular formula is C32H32FeP2+2. The molecule has 0 aromatic rings. The predicted octanol–water partition coefficient (Wildman–Crippen LogP) is 8.07. The summed E-state index contributed by atoms with van der Waals surface area (Å²) >= 11 is 0. The molecule has 2 saturated carbocycles. The van der Waals surface area contributed by atoms with Crippen LogP contribution in [0.25, 0.3) is 0 Å². The second-order valence-electron chi connectivity index (χ2n) is 8.90. The van der Waals surface area contributed by atoms with Crippen molar-refractivity contribution in [3.05, 3.63) is 160 Å². The minimum Gasteiger partial charge on any atom is -0.0811 e. The summed E-state index contributed by atoms with van der Waals surface area (Å²) in [6.45, 7) is 2.48. The third-order valence-electron chi connectivity index (χ3n) is 6.80. The summed E-state index contributed by atoms with van der Waals surface area (Å²) in [6.07, 6.45) is 54.2. The van der Waals surface area contributed by atoms with Crippen molar-refractivity contribution in [2.24, 2.45) is 0 Å².